The Morgan fingerprint density at radius 1 is 1.15 bits per heavy atom. The van der Waals surface area contributed by atoms with Gasteiger partial charge in [0.1, 0.15) is 0 Å². The molecular formula is C8H4Cl2N2O. The van der Waals surface area contributed by atoms with E-state index in [4.69, 9.17) is 27.6 Å². The average molecular weight is 215 g/mol. The lowest BCUT2D eigenvalue weighted by molar-refractivity contribution is 0.571. The van der Waals surface area contributed by atoms with Crippen molar-refractivity contribution < 1.29 is 4.42 Å². The lowest BCUT2D eigenvalue weighted by atomic mass is 10.2. The number of hydrogen-bond donors (Lipinski definition) is 0. The van der Waals surface area contributed by atoms with Crippen molar-refractivity contribution in [2.75, 3.05) is 0 Å². The highest BCUT2D eigenvalue weighted by atomic mass is 35.5. The van der Waals surface area contributed by atoms with Gasteiger partial charge in [-0.2, -0.15) is 0 Å². The van der Waals surface area contributed by atoms with Crippen LogP contribution in [0, 0.1) is 0 Å². The van der Waals surface area contributed by atoms with E-state index >= 15 is 0 Å². The van der Waals surface area contributed by atoms with Crippen LogP contribution in [0.4, 0.5) is 0 Å². The molecule has 2 rings (SSSR count). The topological polar surface area (TPSA) is 38.9 Å². The third-order valence-electron chi connectivity index (χ3n) is 1.47. The molecule has 0 saturated heterocycles. The van der Waals surface area contributed by atoms with E-state index < -0.39 is 0 Å². The quantitative estimate of drug-likeness (QED) is 0.733. The van der Waals surface area contributed by atoms with Gasteiger partial charge in [-0.05, 0) is 29.8 Å². The molecule has 0 fully saturated rings. The van der Waals surface area contributed by atoms with Gasteiger partial charge < -0.3 is 4.42 Å². The average Bonchev–Trinajstić information content (AvgIpc) is 2.52. The summed E-state index contributed by atoms with van der Waals surface area (Å²) in [6.07, 6.45) is 0. The highest BCUT2D eigenvalue weighted by Gasteiger charge is 2.06. The molecule has 0 aliphatic rings. The molecule has 0 bridgehead atoms. The molecule has 13 heavy (non-hydrogen) atoms. The van der Waals surface area contributed by atoms with E-state index in [-0.39, 0.29) is 5.35 Å². The summed E-state index contributed by atoms with van der Waals surface area (Å²) in [7, 11) is 0. The minimum Gasteiger partial charge on any atom is -0.407 e. The van der Waals surface area contributed by atoms with Crippen molar-refractivity contribution in [3.05, 3.63) is 34.6 Å². The normalized spacial score (nSPS) is 10.3. The fraction of sp³-hybridized carbons (Fsp3) is 0. The summed E-state index contributed by atoms with van der Waals surface area (Å²) in [4.78, 5) is 0. The van der Waals surface area contributed by atoms with Crippen molar-refractivity contribution in [3.8, 4) is 11.5 Å². The van der Waals surface area contributed by atoms with E-state index in [1.807, 2.05) is 6.07 Å². The monoisotopic (exact) mass is 214 g/mol. The predicted octanol–water partition coefficient (Wildman–Crippen LogP) is 3.04. The van der Waals surface area contributed by atoms with Gasteiger partial charge in [0.25, 0.3) is 0 Å². The van der Waals surface area contributed by atoms with Crippen LogP contribution in [-0.4, -0.2) is 10.2 Å². The molecule has 1 heterocycles. The Morgan fingerprint density at radius 2 is 2.00 bits per heavy atom. The van der Waals surface area contributed by atoms with Crippen LogP contribution in [-0.2, 0) is 0 Å². The van der Waals surface area contributed by atoms with Gasteiger partial charge in [-0.3, -0.25) is 0 Å². The van der Waals surface area contributed by atoms with Crippen LogP contribution in [0.15, 0.2) is 28.7 Å². The highest BCUT2D eigenvalue weighted by molar-refractivity contribution is 6.30. The summed E-state index contributed by atoms with van der Waals surface area (Å²) in [5.74, 6) is 0.368. The molecule has 0 N–H and O–H groups in total. The molecule has 2 aromatic rings. The number of halogens is 2. The fourth-order valence-electron chi connectivity index (χ4n) is 0.943. The zero-order valence-corrected chi connectivity index (χ0v) is 7.88. The summed E-state index contributed by atoms with van der Waals surface area (Å²) >= 11 is 11.3. The van der Waals surface area contributed by atoms with E-state index in [2.05, 4.69) is 10.2 Å². The van der Waals surface area contributed by atoms with Crippen molar-refractivity contribution >= 4 is 23.2 Å². The third-order valence-corrected chi connectivity index (χ3v) is 1.86. The van der Waals surface area contributed by atoms with E-state index in [0.717, 1.165) is 5.56 Å². The summed E-state index contributed by atoms with van der Waals surface area (Å²) in [5, 5.41) is 7.89. The van der Waals surface area contributed by atoms with Crippen LogP contribution >= 0.6 is 23.2 Å². The Morgan fingerprint density at radius 3 is 2.62 bits per heavy atom. The maximum absolute atomic E-state index is 5.78. The van der Waals surface area contributed by atoms with E-state index in [9.17, 15) is 0 Å². The molecule has 1 aromatic carbocycles. The van der Waals surface area contributed by atoms with Gasteiger partial charge in [-0.1, -0.05) is 22.8 Å². The first-order valence-electron chi connectivity index (χ1n) is 3.50. The largest absolute Gasteiger partial charge is 0.407 e. The molecule has 0 unspecified atom stereocenters. The summed E-state index contributed by atoms with van der Waals surface area (Å²) in [6, 6.07) is 7.11. The predicted molar refractivity (Wildman–Crippen MR) is 49.8 cm³/mol. The molecule has 5 heteroatoms. The van der Waals surface area contributed by atoms with Gasteiger partial charge in [-0.15, -0.1) is 5.10 Å². The first kappa shape index (κ1) is 8.53. The Balaban J connectivity index is 2.46. The SMILES string of the molecule is Clc1cccc(-c2nnc(Cl)o2)c1. The molecule has 0 spiro atoms. The molecule has 0 atom stereocenters. The number of rotatable bonds is 1. The van der Waals surface area contributed by atoms with Crippen molar-refractivity contribution in [3.63, 3.8) is 0 Å². The second-order valence-corrected chi connectivity index (χ2v) is 3.13. The molecule has 0 aliphatic heterocycles. The smallest absolute Gasteiger partial charge is 0.313 e. The number of aromatic nitrogens is 2. The molecule has 0 aliphatic carbocycles. The van der Waals surface area contributed by atoms with Crippen molar-refractivity contribution in [2.45, 2.75) is 0 Å². The maximum atomic E-state index is 5.78. The van der Waals surface area contributed by atoms with Crippen LogP contribution < -0.4 is 0 Å². The highest BCUT2D eigenvalue weighted by Crippen LogP contribution is 2.22. The molecule has 0 saturated carbocycles. The van der Waals surface area contributed by atoms with E-state index in [1.54, 1.807) is 18.2 Å². The third kappa shape index (κ3) is 1.82. The molecule has 66 valence electrons. The summed E-state index contributed by atoms with van der Waals surface area (Å²) < 4.78 is 5.01. The molecule has 0 radical (unpaired) electrons. The second kappa shape index (κ2) is 3.36. The standard InChI is InChI=1S/C8H4Cl2N2O/c9-6-3-1-2-5(4-6)7-11-12-8(10)13-7/h1-4H. The van der Waals surface area contributed by atoms with Gasteiger partial charge >= 0.3 is 5.35 Å². The van der Waals surface area contributed by atoms with E-state index in [0.29, 0.717) is 10.9 Å². The Hall–Kier alpha value is -1.06. The van der Waals surface area contributed by atoms with Crippen LogP contribution in [0.5, 0.6) is 0 Å². The Bertz CT molecular complexity index is 428. The first-order valence-corrected chi connectivity index (χ1v) is 4.26. The van der Waals surface area contributed by atoms with Crippen molar-refractivity contribution in [2.24, 2.45) is 0 Å². The van der Waals surface area contributed by atoms with Gasteiger partial charge in [0.05, 0.1) is 0 Å². The van der Waals surface area contributed by atoms with Crippen LogP contribution in [0.2, 0.25) is 10.4 Å². The Labute approximate surface area is 84.3 Å². The molecule has 1 aromatic heterocycles. The zero-order chi connectivity index (χ0) is 9.26. The maximum Gasteiger partial charge on any atom is 0.313 e. The summed E-state index contributed by atoms with van der Waals surface area (Å²) in [5.41, 5.74) is 0.756. The van der Waals surface area contributed by atoms with Crippen molar-refractivity contribution in [1.82, 2.24) is 10.2 Å². The van der Waals surface area contributed by atoms with Crippen LogP contribution in [0.1, 0.15) is 0 Å². The molecule has 3 nitrogen and oxygen atoms in total. The summed E-state index contributed by atoms with van der Waals surface area (Å²) in [6.45, 7) is 0. The number of benzene rings is 1. The lowest BCUT2D eigenvalue weighted by Crippen LogP contribution is -1.76. The van der Waals surface area contributed by atoms with Gasteiger partial charge in [0, 0.05) is 10.6 Å². The zero-order valence-electron chi connectivity index (χ0n) is 6.37. The van der Waals surface area contributed by atoms with Crippen LogP contribution in [0.3, 0.4) is 0 Å². The van der Waals surface area contributed by atoms with Gasteiger partial charge in [0.2, 0.25) is 5.89 Å². The van der Waals surface area contributed by atoms with Crippen LogP contribution in [0.25, 0.3) is 11.5 Å². The minimum absolute atomic E-state index is 0.0231. The lowest BCUT2D eigenvalue weighted by Gasteiger charge is -1.93. The number of hydrogen-bond acceptors (Lipinski definition) is 3. The Kier molecular flexibility index (Phi) is 2.20. The minimum atomic E-state index is 0.0231. The van der Waals surface area contributed by atoms with Gasteiger partial charge in [0.15, 0.2) is 0 Å². The fourth-order valence-corrected chi connectivity index (χ4v) is 1.24. The number of nitrogens with zero attached hydrogens (tertiary/aromatic N) is 2. The second-order valence-electron chi connectivity index (χ2n) is 2.37. The van der Waals surface area contributed by atoms with Crippen molar-refractivity contribution in [1.29, 1.82) is 0 Å². The molecule has 0 amide bonds. The van der Waals surface area contributed by atoms with Gasteiger partial charge in [-0.25, -0.2) is 0 Å². The first-order chi connectivity index (χ1) is 6.25. The molecular weight excluding hydrogens is 211 g/mol. The van der Waals surface area contributed by atoms with E-state index in [1.165, 1.54) is 0 Å².